The number of carbonyl (C=O) groups is 3. The van der Waals surface area contributed by atoms with E-state index in [1.807, 2.05) is 0 Å². The van der Waals surface area contributed by atoms with Crippen LogP contribution in [0.4, 0.5) is 24.5 Å². The van der Waals surface area contributed by atoms with E-state index in [4.69, 9.17) is 4.74 Å². The van der Waals surface area contributed by atoms with Crippen molar-refractivity contribution in [2.75, 3.05) is 37.7 Å². The first-order valence-electron chi connectivity index (χ1n) is 8.23. The van der Waals surface area contributed by atoms with Crippen LogP contribution in [0.15, 0.2) is 18.2 Å². The maximum Gasteiger partial charge on any atom is 0.406 e. The van der Waals surface area contributed by atoms with Crippen LogP contribution >= 0.6 is 0 Å². The number of esters is 1. The molecule has 0 radical (unpaired) electrons. The highest BCUT2D eigenvalue weighted by Gasteiger charge is 2.36. The number of nitrogens with zero attached hydrogens (tertiary/aromatic N) is 3. The van der Waals surface area contributed by atoms with Gasteiger partial charge in [0.2, 0.25) is 5.91 Å². The fraction of sp³-hybridized carbons (Fsp3) is 0.438. The lowest BCUT2D eigenvalue weighted by Crippen LogP contribution is -2.50. The van der Waals surface area contributed by atoms with Crippen LogP contribution < -0.4 is 9.64 Å². The third-order valence-electron chi connectivity index (χ3n) is 3.74. The Morgan fingerprint density at radius 2 is 2.07 bits per heavy atom. The van der Waals surface area contributed by atoms with E-state index in [0.717, 1.165) is 17.0 Å². The Bertz CT molecular complexity index is 828. The second kappa shape index (κ2) is 8.75. The number of carbonyl (C=O) groups excluding carboxylic acids is 3. The van der Waals surface area contributed by atoms with E-state index in [0.29, 0.717) is 0 Å². The van der Waals surface area contributed by atoms with Gasteiger partial charge in [0.1, 0.15) is 25.4 Å². The molecule has 158 valence electrons. The molecule has 0 N–H and O–H groups in total. The van der Waals surface area contributed by atoms with Gasteiger partial charge in [-0.15, -0.1) is 0 Å². The highest BCUT2D eigenvalue weighted by atomic mass is 19.4. The van der Waals surface area contributed by atoms with Crippen molar-refractivity contribution in [1.82, 2.24) is 4.90 Å². The number of hydrogen-bond acceptors (Lipinski definition) is 7. The van der Waals surface area contributed by atoms with Crippen molar-refractivity contribution in [1.29, 1.82) is 0 Å². The summed E-state index contributed by atoms with van der Waals surface area (Å²) in [5.74, 6) is -2.97. The molecular weight excluding hydrogens is 403 g/mol. The SMILES string of the molecule is CCOC(=O)CN(CC(F)(F)F)C(=O)CN1C(=O)COc2ccc([N+](=O)[O-])cc21. The van der Waals surface area contributed by atoms with E-state index < -0.39 is 60.8 Å². The van der Waals surface area contributed by atoms with Crippen molar-refractivity contribution in [3.8, 4) is 5.75 Å². The van der Waals surface area contributed by atoms with Gasteiger partial charge in [-0.2, -0.15) is 13.2 Å². The highest BCUT2D eigenvalue weighted by molar-refractivity contribution is 6.02. The first-order valence-corrected chi connectivity index (χ1v) is 8.23. The molecule has 0 aliphatic carbocycles. The first-order chi connectivity index (χ1) is 13.5. The van der Waals surface area contributed by atoms with Crippen LogP contribution in [0.2, 0.25) is 0 Å². The number of rotatable bonds is 7. The molecule has 1 aliphatic heterocycles. The first kappa shape index (κ1) is 21.9. The number of fused-ring (bicyclic) bond motifs is 1. The fourth-order valence-electron chi connectivity index (χ4n) is 2.52. The van der Waals surface area contributed by atoms with Crippen molar-refractivity contribution in [3.63, 3.8) is 0 Å². The molecule has 0 spiro atoms. The predicted octanol–water partition coefficient (Wildman–Crippen LogP) is 1.27. The molecule has 0 aromatic heterocycles. The number of ether oxygens (including phenoxy) is 2. The van der Waals surface area contributed by atoms with Gasteiger partial charge in [0, 0.05) is 12.1 Å². The molecule has 0 unspecified atom stereocenters. The monoisotopic (exact) mass is 419 g/mol. The lowest BCUT2D eigenvalue weighted by Gasteiger charge is -2.31. The third kappa shape index (κ3) is 5.80. The number of non-ortho nitro benzene ring substituents is 1. The lowest BCUT2D eigenvalue weighted by atomic mass is 10.2. The number of hydrogen-bond donors (Lipinski definition) is 0. The van der Waals surface area contributed by atoms with Gasteiger partial charge >= 0.3 is 12.1 Å². The van der Waals surface area contributed by atoms with Gasteiger partial charge in [0.15, 0.2) is 6.61 Å². The van der Waals surface area contributed by atoms with Gasteiger partial charge in [0.05, 0.1) is 17.2 Å². The van der Waals surface area contributed by atoms with Crippen LogP contribution in [0, 0.1) is 10.1 Å². The summed E-state index contributed by atoms with van der Waals surface area (Å²) in [6, 6.07) is 3.30. The van der Waals surface area contributed by atoms with Crippen LogP contribution in [-0.4, -0.2) is 66.6 Å². The molecule has 0 bridgehead atoms. The summed E-state index contributed by atoms with van der Waals surface area (Å²) < 4.78 is 48.1. The third-order valence-corrected chi connectivity index (χ3v) is 3.74. The summed E-state index contributed by atoms with van der Waals surface area (Å²) >= 11 is 0. The van der Waals surface area contributed by atoms with Crippen molar-refractivity contribution < 1.29 is 42.0 Å². The van der Waals surface area contributed by atoms with Crippen LogP contribution in [-0.2, 0) is 19.1 Å². The minimum atomic E-state index is -4.80. The van der Waals surface area contributed by atoms with Crippen LogP contribution in [0.3, 0.4) is 0 Å². The van der Waals surface area contributed by atoms with Gasteiger partial charge in [-0.25, -0.2) is 0 Å². The number of nitro groups is 1. The van der Waals surface area contributed by atoms with E-state index in [2.05, 4.69) is 4.74 Å². The minimum absolute atomic E-state index is 0.0516. The van der Waals surface area contributed by atoms with Crippen molar-refractivity contribution in [3.05, 3.63) is 28.3 Å². The van der Waals surface area contributed by atoms with Crippen LogP contribution in [0.1, 0.15) is 6.92 Å². The van der Waals surface area contributed by atoms with Gasteiger partial charge in [0.25, 0.3) is 11.6 Å². The maximum atomic E-state index is 12.8. The summed E-state index contributed by atoms with van der Waals surface area (Å²) in [6.07, 6.45) is -4.80. The molecule has 0 atom stereocenters. The van der Waals surface area contributed by atoms with Gasteiger partial charge < -0.3 is 14.4 Å². The zero-order valence-corrected chi connectivity index (χ0v) is 15.1. The molecule has 1 heterocycles. The molecule has 29 heavy (non-hydrogen) atoms. The molecule has 2 amide bonds. The zero-order valence-electron chi connectivity index (χ0n) is 15.1. The standard InChI is InChI=1S/C16H16F3N3O7/c1-2-28-15(25)7-20(9-16(17,18)19)13(23)6-21-11-5-10(22(26)27)3-4-12(11)29-8-14(21)24/h3-5H,2,6-9H2,1H3. The van der Waals surface area contributed by atoms with E-state index in [-0.39, 0.29) is 22.9 Å². The highest BCUT2D eigenvalue weighted by Crippen LogP contribution is 2.35. The topological polar surface area (TPSA) is 119 Å². The number of nitro benzene ring substituents is 1. The van der Waals surface area contributed by atoms with E-state index in [9.17, 15) is 37.7 Å². The average molecular weight is 419 g/mol. The van der Waals surface area contributed by atoms with E-state index in [1.54, 1.807) is 0 Å². The van der Waals surface area contributed by atoms with Crippen molar-refractivity contribution >= 4 is 29.2 Å². The maximum absolute atomic E-state index is 12.8. The quantitative estimate of drug-likeness (QED) is 0.371. The molecule has 1 aromatic carbocycles. The Labute approximate surface area is 161 Å². The Morgan fingerprint density at radius 3 is 2.66 bits per heavy atom. The molecule has 0 fully saturated rings. The summed E-state index contributed by atoms with van der Waals surface area (Å²) in [6.45, 7) is -2.71. The van der Waals surface area contributed by atoms with Crippen LogP contribution in [0.5, 0.6) is 5.75 Å². The van der Waals surface area contributed by atoms with Crippen molar-refractivity contribution in [2.24, 2.45) is 0 Å². The number of halogens is 3. The molecular formula is C16H16F3N3O7. The smallest absolute Gasteiger partial charge is 0.406 e. The Hall–Kier alpha value is -3.38. The average Bonchev–Trinajstić information content (AvgIpc) is 2.62. The van der Waals surface area contributed by atoms with E-state index in [1.165, 1.54) is 13.0 Å². The summed E-state index contributed by atoms with van der Waals surface area (Å²) in [7, 11) is 0. The summed E-state index contributed by atoms with van der Waals surface area (Å²) in [4.78, 5) is 47.4. The summed E-state index contributed by atoms with van der Waals surface area (Å²) in [5, 5.41) is 11.0. The number of anilines is 1. The Morgan fingerprint density at radius 1 is 1.38 bits per heavy atom. The van der Waals surface area contributed by atoms with E-state index >= 15 is 0 Å². The molecule has 0 saturated carbocycles. The van der Waals surface area contributed by atoms with Crippen LogP contribution in [0.25, 0.3) is 0 Å². The molecule has 0 saturated heterocycles. The zero-order chi connectivity index (χ0) is 21.8. The van der Waals surface area contributed by atoms with Gasteiger partial charge in [-0.1, -0.05) is 0 Å². The fourth-order valence-corrected chi connectivity index (χ4v) is 2.52. The van der Waals surface area contributed by atoms with Gasteiger partial charge in [-0.05, 0) is 13.0 Å². The lowest BCUT2D eigenvalue weighted by molar-refractivity contribution is -0.384. The molecule has 10 nitrogen and oxygen atoms in total. The normalized spacial score (nSPS) is 13.4. The van der Waals surface area contributed by atoms with Gasteiger partial charge in [-0.3, -0.25) is 29.4 Å². The Balaban J connectivity index is 2.28. The number of amides is 2. The largest absolute Gasteiger partial charge is 0.482 e. The minimum Gasteiger partial charge on any atom is -0.482 e. The number of alkyl halides is 3. The van der Waals surface area contributed by atoms with Crippen molar-refractivity contribution in [2.45, 2.75) is 13.1 Å². The molecule has 1 aromatic rings. The Kier molecular flexibility index (Phi) is 6.61. The summed E-state index contributed by atoms with van der Waals surface area (Å²) in [5.41, 5.74) is -0.537. The number of benzene rings is 1. The molecule has 2 rings (SSSR count). The predicted molar refractivity (Wildman–Crippen MR) is 90.2 cm³/mol. The molecule has 1 aliphatic rings. The second-order valence-corrected chi connectivity index (χ2v) is 5.85. The molecule has 13 heteroatoms. The second-order valence-electron chi connectivity index (χ2n) is 5.85.